The first-order valence-corrected chi connectivity index (χ1v) is 16.2. The number of hydrogen-bond acceptors (Lipinski definition) is 8. The van der Waals surface area contributed by atoms with E-state index in [9.17, 15) is 18.0 Å². The highest BCUT2D eigenvalue weighted by atomic mass is 32.2. The second kappa shape index (κ2) is 12.2. The molecular weight excluding hydrogens is 603 g/mol. The number of nitrogens with one attached hydrogen (secondary N) is 1. The summed E-state index contributed by atoms with van der Waals surface area (Å²) in [5.74, 6) is 1.82. The Hall–Kier alpha value is -3.74. The lowest BCUT2D eigenvalue weighted by molar-refractivity contribution is -0.190. The van der Waals surface area contributed by atoms with Crippen LogP contribution in [0.2, 0.25) is 0 Å². The van der Waals surface area contributed by atoms with Gasteiger partial charge in [0.05, 0.1) is 17.6 Å². The number of ether oxygens (including phenoxy) is 1. The molecule has 0 atom stereocenters. The summed E-state index contributed by atoms with van der Waals surface area (Å²) >= 11 is 1.31. The molecule has 6 rings (SSSR count). The lowest BCUT2D eigenvalue weighted by Gasteiger charge is -2.34. The van der Waals surface area contributed by atoms with Crippen molar-refractivity contribution in [2.45, 2.75) is 82.5 Å². The van der Waals surface area contributed by atoms with Gasteiger partial charge in [0.2, 0.25) is 5.88 Å². The first kappa shape index (κ1) is 31.3. The summed E-state index contributed by atoms with van der Waals surface area (Å²) < 4.78 is 48.8. The minimum atomic E-state index is -4.22. The maximum absolute atomic E-state index is 14.2. The first-order valence-electron chi connectivity index (χ1n) is 15.4. The molecule has 2 aliphatic heterocycles. The van der Waals surface area contributed by atoms with Crippen LogP contribution >= 0.6 is 11.9 Å². The predicted molar refractivity (Wildman–Crippen MR) is 168 cm³/mol. The van der Waals surface area contributed by atoms with E-state index in [1.165, 1.54) is 22.2 Å². The van der Waals surface area contributed by atoms with Gasteiger partial charge in [0.1, 0.15) is 16.7 Å². The van der Waals surface area contributed by atoms with Crippen LogP contribution in [0.4, 0.5) is 24.8 Å². The molecule has 1 saturated carbocycles. The van der Waals surface area contributed by atoms with E-state index in [-0.39, 0.29) is 43.2 Å². The molecule has 5 heterocycles. The van der Waals surface area contributed by atoms with Gasteiger partial charge in [-0.1, -0.05) is 18.6 Å². The Bertz CT molecular complexity index is 1580. The van der Waals surface area contributed by atoms with Crippen molar-refractivity contribution in [3.05, 3.63) is 59.9 Å². The third-order valence-electron chi connectivity index (χ3n) is 8.59. The fourth-order valence-electron chi connectivity index (χ4n) is 5.89. The number of alkyl halides is 3. The van der Waals surface area contributed by atoms with Crippen LogP contribution in [0.5, 0.6) is 5.88 Å². The molecule has 0 spiro atoms. The molecule has 3 aliphatic rings. The Morgan fingerprint density at radius 1 is 1.11 bits per heavy atom. The summed E-state index contributed by atoms with van der Waals surface area (Å²) in [6.45, 7) is 7.53. The largest absolute Gasteiger partial charge is 0.477 e. The number of pyridine rings is 2. The summed E-state index contributed by atoms with van der Waals surface area (Å²) in [7, 11) is 0. The van der Waals surface area contributed by atoms with E-state index in [1.54, 1.807) is 28.7 Å². The van der Waals surface area contributed by atoms with Crippen LogP contribution in [0.1, 0.15) is 76.1 Å². The molecule has 3 aromatic heterocycles. The molecule has 1 amide bonds. The van der Waals surface area contributed by atoms with E-state index in [2.05, 4.69) is 35.4 Å². The van der Waals surface area contributed by atoms with Crippen molar-refractivity contribution in [3.8, 4) is 11.7 Å². The SMILES string of the molecule is CCCN1Sc2cccc(n2)NCCCC2=CN(c3nc(-n4ccc(OCCC5(C(F)(F)F)CC5)n4)ccc3C1=O)C(C)(C)C2. The van der Waals surface area contributed by atoms with Gasteiger partial charge in [-0.25, -0.2) is 14.6 Å². The molecule has 1 N–H and O–H groups in total. The number of aromatic nitrogens is 4. The number of carbonyl (C=O) groups excluding carboxylic acids is 1. The number of halogens is 3. The molecule has 1 fully saturated rings. The van der Waals surface area contributed by atoms with E-state index >= 15 is 0 Å². The van der Waals surface area contributed by atoms with E-state index in [0.29, 0.717) is 23.7 Å². The standard InChI is InChI=1S/C32H38F3N7O2S/c1-4-17-42-29(43)23-10-11-25(41-18-12-26(39-41)44-19-15-31(13-14-31)32(33,34)35)38-28(23)40-21-22(20-30(40,2)3)7-6-16-36-24-8-5-9-27(37-24)45-42/h5,8-12,18,21H,4,6-7,13-17,19-20H2,1-3H3,(H,36,37). The van der Waals surface area contributed by atoms with Gasteiger partial charge in [-0.05, 0) is 83.1 Å². The van der Waals surface area contributed by atoms with Crippen LogP contribution in [-0.2, 0) is 0 Å². The van der Waals surface area contributed by atoms with Crippen molar-refractivity contribution in [1.29, 1.82) is 0 Å². The Kier molecular flexibility index (Phi) is 8.49. The van der Waals surface area contributed by atoms with Gasteiger partial charge in [0, 0.05) is 49.0 Å². The lowest BCUT2D eigenvalue weighted by Crippen LogP contribution is -2.39. The second-order valence-corrected chi connectivity index (χ2v) is 13.6. The third kappa shape index (κ3) is 6.63. The van der Waals surface area contributed by atoms with Crippen LogP contribution in [0.25, 0.3) is 5.82 Å². The molecule has 13 heteroatoms. The fourth-order valence-corrected chi connectivity index (χ4v) is 6.84. The van der Waals surface area contributed by atoms with Gasteiger partial charge in [-0.3, -0.25) is 9.10 Å². The van der Waals surface area contributed by atoms with E-state index in [0.717, 1.165) is 43.1 Å². The molecule has 0 aromatic carbocycles. The zero-order valence-corrected chi connectivity index (χ0v) is 26.5. The molecule has 0 saturated heterocycles. The predicted octanol–water partition coefficient (Wildman–Crippen LogP) is 7.41. The first-order chi connectivity index (χ1) is 21.5. The zero-order valence-electron chi connectivity index (χ0n) is 25.7. The number of rotatable bonds is 7. The number of nitrogens with zero attached hydrogens (tertiary/aromatic N) is 6. The van der Waals surface area contributed by atoms with Crippen molar-refractivity contribution in [1.82, 2.24) is 24.1 Å². The lowest BCUT2D eigenvalue weighted by atomic mass is 9.96. The minimum Gasteiger partial charge on any atom is -0.477 e. The number of hydrogen-bond donors (Lipinski definition) is 1. The number of fused-ring (bicyclic) bond motifs is 5. The number of amides is 1. The average molecular weight is 642 g/mol. The molecule has 240 valence electrons. The molecule has 0 radical (unpaired) electrons. The van der Waals surface area contributed by atoms with Crippen LogP contribution in [0.15, 0.2) is 59.4 Å². The second-order valence-electron chi connectivity index (χ2n) is 12.6. The number of anilines is 2. The topological polar surface area (TPSA) is 88.4 Å². The number of carbonyl (C=O) groups is 1. The molecule has 1 aliphatic carbocycles. The van der Waals surface area contributed by atoms with E-state index in [4.69, 9.17) is 14.7 Å². The van der Waals surface area contributed by atoms with Crippen molar-refractivity contribution < 1.29 is 22.7 Å². The van der Waals surface area contributed by atoms with Crippen molar-refractivity contribution in [2.24, 2.45) is 5.41 Å². The molecular formula is C32H38F3N7O2S. The Balaban J connectivity index is 1.32. The van der Waals surface area contributed by atoms with Crippen molar-refractivity contribution in [3.63, 3.8) is 0 Å². The fraction of sp³-hybridized carbons (Fsp3) is 0.500. The summed E-state index contributed by atoms with van der Waals surface area (Å²) in [5.41, 5.74) is -0.226. The van der Waals surface area contributed by atoms with E-state index < -0.39 is 11.6 Å². The van der Waals surface area contributed by atoms with Gasteiger partial charge in [0.15, 0.2) is 5.82 Å². The Labute approximate surface area is 265 Å². The summed E-state index contributed by atoms with van der Waals surface area (Å²) in [4.78, 5) is 26.0. The normalized spacial score (nSPS) is 19.2. The summed E-state index contributed by atoms with van der Waals surface area (Å²) in [5, 5.41) is 8.58. The molecule has 3 aromatic rings. The highest BCUT2D eigenvalue weighted by Crippen LogP contribution is 2.59. The van der Waals surface area contributed by atoms with Crippen LogP contribution in [0, 0.1) is 5.41 Å². The van der Waals surface area contributed by atoms with Gasteiger partial charge in [-0.15, -0.1) is 5.10 Å². The highest BCUT2D eigenvalue weighted by Gasteiger charge is 2.62. The van der Waals surface area contributed by atoms with Crippen LogP contribution in [0.3, 0.4) is 0 Å². The third-order valence-corrected chi connectivity index (χ3v) is 9.57. The molecule has 0 unspecified atom stereocenters. The maximum atomic E-state index is 14.2. The highest BCUT2D eigenvalue weighted by molar-refractivity contribution is 7.97. The summed E-state index contributed by atoms with van der Waals surface area (Å²) in [6, 6.07) is 10.9. The Morgan fingerprint density at radius 2 is 1.93 bits per heavy atom. The van der Waals surface area contributed by atoms with Crippen LogP contribution in [-0.4, -0.2) is 61.4 Å². The quantitative estimate of drug-likeness (QED) is 0.267. The molecule has 9 nitrogen and oxygen atoms in total. The van der Waals surface area contributed by atoms with Gasteiger partial charge >= 0.3 is 6.18 Å². The van der Waals surface area contributed by atoms with Gasteiger partial charge in [-0.2, -0.15) is 13.2 Å². The Morgan fingerprint density at radius 3 is 2.69 bits per heavy atom. The summed E-state index contributed by atoms with van der Waals surface area (Å²) in [6.07, 6.45) is 3.16. The zero-order chi connectivity index (χ0) is 31.8. The van der Waals surface area contributed by atoms with Crippen molar-refractivity contribution >= 4 is 29.5 Å². The van der Waals surface area contributed by atoms with E-state index in [1.807, 2.05) is 25.1 Å². The maximum Gasteiger partial charge on any atom is 0.394 e. The average Bonchev–Trinajstić information content (AvgIpc) is 3.55. The minimum absolute atomic E-state index is 0.0730. The van der Waals surface area contributed by atoms with Gasteiger partial charge < -0.3 is 15.0 Å². The van der Waals surface area contributed by atoms with Gasteiger partial charge in [0.25, 0.3) is 5.91 Å². The monoisotopic (exact) mass is 641 g/mol. The van der Waals surface area contributed by atoms with Crippen molar-refractivity contribution in [2.75, 3.05) is 29.9 Å². The molecule has 4 bridgehead atoms. The van der Waals surface area contributed by atoms with Crippen LogP contribution < -0.4 is 15.0 Å². The smallest absolute Gasteiger partial charge is 0.394 e. The molecule has 45 heavy (non-hydrogen) atoms.